The maximum atomic E-state index is 12.5. The number of likely N-dealkylation sites (tertiary alicyclic amines) is 1. The summed E-state index contributed by atoms with van der Waals surface area (Å²) in [6.45, 7) is 5.05. The second-order valence-corrected chi connectivity index (χ2v) is 6.51. The number of amides is 1. The van der Waals surface area contributed by atoms with Crippen LogP contribution in [0.25, 0.3) is 0 Å². The second-order valence-electron chi connectivity index (χ2n) is 6.51. The molecular weight excluding hydrogens is 236 g/mol. The van der Waals surface area contributed by atoms with Gasteiger partial charge in [-0.3, -0.25) is 4.79 Å². The highest BCUT2D eigenvalue weighted by Crippen LogP contribution is 2.31. The van der Waals surface area contributed by atoms with Crippen LogP contribution in [0.3, 0.4) is 0 Å². The number of carbonyl (C=O) groups excluding carboxylic acids is 1. The first-order chi connectivity index (χ1) is 9.24. The van der Waals surface area contributed by atoms with Crippen molar-refractivity contribution in [1.29, 1.82) is 0 Å². The summed E-state index contributed by atoms with van der Waals surface area (Å²) < 4.78 is 0. The van der Waals surface area contributed by atoms with E-state index in [1.165, 1.54) is 25.7 Å². The van der Waals surface area contributed by atoms with Crippen molar-refractivity contribution < 1.29 is 4.79 Å². The Hall–Kier alpha value is -0.570. The van der Waals surface area contributed by atoms with Gasteiger partial charge in [0.1, 0.15) is 0 Å². The Morgan fingerprint density at radius 1 is 1.05 bits per heavy atom. The predicted octanol–water partition coefficient (Wildman–Crippen LogP) is 2.79. The number of piperidine rings is 1. The quantitative estimate of drug-likeness (QED) is 0.850. The van der Waals surface area contributed by atoms with Gasteiger partial charge in [0.15, 0.2) is 0 Å². The van der Waals surface area contributed by atoms with Crippen molar-refractivity contribution in [1.82, 2.24) is 4.90 Å². The van der Waals surface area contributed by atoms with E-state index in [0.29, 0.717) is 17.7 Å². The van der Waals surface area contributed by atoms with Gasteiger partial charge in [-0.2, -0.15) is 0 Å². The van der Waals surface area contributed by atoms with Crippen LogP contribution >= 0.6 is 0 Å². The molecule has 1 amide bonds. The van der Waals surface area contributed by atoms with E-state index in [0.717, 1.165) is 51.2 Å². The number of hydrogen-bond acceptors (Lipinski definition) is 2. The molecule has 3 heteroatoms. The van der Waals surface area contributed by atoms with Crippen molar-refractivity contribution in [3.05, 3.63) is 0 Å². The second kappa shape index (κ2) is 7.28. The van der Waals surface area contributed by atoms with Gasteiger partial charge in [0.05, 0.1) is 0 Å². The lowest BCUT2D eigenvalue weighted by atomic mass is 9.81. The van der Waals surface area contributed by atoms with Crippen molar-refractivity contribution in [2.75, 3.05) is 19.6 Å². The van der Waals surface area contributed by atoms with Gasteiger partial charge >= 0.3 is 0 Å². The normalized spacial score (nSPS) is 29.5. The van der Waals surface area contributed by atoms with E-state index in [-0.39, 0.29) is 0 Å². The zero-order chi connectivity index (χ0) is 13.7. The molecule has 2 fully saturated rings. The van der Waals surface area contributed by atoms with E-state index in [4.69, 9.17) is 5.73 Å². The van der Waals surface area contributed by atoms with Gasteiger partial charge in [0, 0.05) is 19.0 Å². The Morgan fingerprint density at radius 2 is 1.68 bits per heavy atom. The lowest BCUT2D eigenvalue weighted by molar-refractivity contribution is -0.138. The summed E-state index contributed by atoms with van der Waals surface area (Å²) in [6.07, 6.45) is 9.49. The van der Waals surface area contributed by atoms with Crippen LogP contribution in [-0.4, -0.2) is 30.4 Å². The molecule has 0 aromatic carbocycles. The van der Waals surface area contributed by atoms with Crippen molar-refractivity contribution in [2.45, 2.75) is 58.3 Å². The zero-order valence-corrected chi connectivity index (χ0v) is 12.4. The maximum absolute atomic E-state index is 12.5. The Balaban J connectivity index is 1.75. The summed E-state index contributed by atoms with van der Waals surface area (Å²) in [5.74, 6) is 2.26. The topological polar surface area (TPSA) is 46.3 Å². The molecule has 0 bridgehead atoms. The highest BCUT2D eigenvalue weighted by Gasteiger charge is 2.30. The molecule has 1 heterocycles. The molecule has 110 valence electrons. The molecule has 1 aliphatic carbocycles. The maximum Gasteiger partial charge on any atom is 0.225 e. The lowest BCUT2D eigenvalue weighted by Crippen LogP contribution is -2.42. The Morgan fingerprint density at radius 3 is 2.21 bits per heavy atom. The van der Waals surface area contributed by atoms with Gasteiger partial charge < -0.3 is 10.6 Å². The largest absolute Gasteiger partial charge is 0.342 e. The van der Waals surface area contributed by atoms with Crippen LogP contribution in [0.15, 0.2) is 0 Å². The van der Waals surface area contributed by atoms with E-state index in [1.807, 2.05) is 0 Å². The molecule has 19 heavy (non-hydrogen) atoms. The fourth-order valence-electron chi connectivity index (χ4n) is 3.75. The third-order valence-corrected chi connectivity index (χ3v) is 5.15. The first-order valence-electron chi connectivity index (χ1n) is 8.23. The molecule has 2 rings (SSSR count). The van der Waals surface area contributed by atoms with E-state index in [1.54, 1.807) is 0 Å². The number of nitrogens with two attached hydrogens (primary N) is 1. The first-order valence-corrected chi connectivity index (χ1v) is 8.23. The third-order valence-electron chi connectivity index (χ3n) is 5.15. The van der Waals surface area contributed by atoms with Crippen LogP contribution in [0.4, 0.5) is 0 Å². The monoisotopic (exact) mass is 266 g/mol. The first kappa shape index (κ1) is 14.8. The molecule has 0 atom stereocenters. The fraction of sp³-hybridized carbons (Fsp3) is 0.938. The average molecular weight is 266 g/mol. The van der Waals surface area contributed by atoms with Crippen molar-refractivity contribution >= 4 is 5.91 Å². The number of rotatable bonds is 4. The zero-order valence-electron chi connectivity index (χ0n) is 12.4. The van der Waals surface area contributed by atoms with Gasteiger partial charge in [-0.25, -0.2) is 0 Å². The SMILES string of the molecule is CCCC1CCN(C(=O)C2CCC(CN)CC2)CC1. The Bertz CT molecular complexity index is 276. The van der Waals surface area contributed by atoms with E-state index < -0.39 is 0 Å². The molecular formula is C16H30N2O. The Kier molecular flexibility index (Phi) is 5.68. The highest BCUT2D eigenvalue weighted by molar-refractivity contribution is 5.79. The van der Waals surface area contributed by atoms with E-state index >= 15 is 0 Å². The smallest absolute Gasteiger partial charge is 0.225 e. The minimum atomic E-state index is 0.297. The summed E-state index contributed by atoms with van der Waals surface area (Å²) in [7, 11) is 0. The number of nitrogens with zero attached hydrogens (tertiary/aromatic N) is 1. The van der Waals surface area contributed by atoms with Gasteiger partial charge in [-0.05, 0) is 56.9 Å². The van der Waals surface area contributed by atoms with Gasteiger partial charge in [0.25, 0.3) is 0 Å². The standard InChI is InChI=1S/C16H30N2O/c1-2-3-13-8-10-18(11-9-13)16(19)15-6-4-14(12-17)5-7-15/h13-15H,2-12,17H2,1H3. The van der Waals surface area contributed by atoms with Crippen LogP contribution in [0, 0.1) is 17.8 Å². The predicted molar refractivity (Wildman–Crippen MR) is 78.7 cm³/mol. The molecule has 2 N–H and O–H groups in total. The van der Waals surface area contributed by atoms with Crippen LogP contribution in [-0.2, 0) is 4.79 Å². The summed E-state index contributed by atoms with van der Waals surface area (Å²) in [5, 5.41) is 0. The van der Waals surface area contributed by atoms with Crippen LogP contribution < -0.4 is 5.73 Å². The van der Waals surface area contributed by atoms with E-state index in [2.05, 4.69) is 11.8 Å². The lowest BCUT2D eigenvalue weighted by Gasteiger charge is -2.36. The molecule has 1 saturated carbocycles. The minimum absolute atomic E-state index is 0.297. The molecule has 0 unspecified atom stereocenters. The molecule has 0 radical (unpaired) electrons. The average Bonchev–Trinajstić information content (AvgIpc) is 2.48. The van der Waals surface area contributed by atoms with Crippen LogP contribution in [0.2, 0.25) is 0 Å². The molecule has 1 saturated heterocycles. The summed E-state index contributed by atoms with van der Waals surface area (Å²) >= 11 is 0. The highest BCUT2D eigenvalue weighted by atomic mass is 16.2. The molecule has 0 aromatic heterocycles. The summed E-state index contributed by atoms with van der Waals surface area (Å²) in [6, 6.07) is 0. The van der Waals surface area contributed by atoms with Crippen molar-refractivity contribution in [3.8, 4) is 0 Å². The fourth-order valence-corrected chi connectivity index (χ4v) is 3.75. The molecule has 3 nitrogen and oxygen atoms in total. The van der Waals surface area contributed by atoms with Crippen molar-refractivity contribution in [2.24, 2.45) is 23.5 Å². The van der Waals surface area contributed by atoms with Gasteiger partial charge in [0.2, 0.25) is 5.91 Å². The molecule has 1 aliphatic heterocycles. The van der Waals surface area contributed by atoms with Gasteiger partial charge in [-0.1, -0.05) is 19.8 Å². The third kappa shape index (κ3) is 3.95. The number of hydrogen-bond donors (Lipinski definition) is 1. The summed E-state index contributed by atoms with van der Waals surface area (Å²) in [5.41, 5.74) is 5.72. The van der Waals surface area contributed by atoms with Crippen LogP contribution in [0.5, 0.6) is 0 Å². The van der Waals surface area contributed by atoms with Crippen LogP contribution in [0.1, 0.15) is 58.3 Å². The summed E-state index contributed by atoms with van der Waals surface area (Å²) in [4.78, 5) is 14.6. The number of carbonyl (C=O) groups is 1. The molecule has 0 aromatic rings. The van der Waals surface area contributed by atoms with E-state index in [9.17, 15) is 4.79 Å². The van der Waals surface area contributed by atoms with Gasteiger partial charge in [-0.15, -0.1) is 0 Å². The Labute approximate surface area is 117 Å². The van der Waals surface area contributed by atoms with Crippen molar-refractivity contribution in [3.63, 3.8) is 0 Å². The molecule has 0 spiro atoms. The minimum Gasteiger partial charge on any atom is -0.342 e. The molecule has 2 aliphatic rings.